The number of hydrogen-bond acceptors (Lipinski definition) is 4. The van der Waals surface area contributed by atoms with Crippen molar-refractivity contribution in [2.75, 3.05) is 32.1 Å². The summed E-state index contributed by atoms with van der Waals surface area (Å²) < 4.78 is 5.19. The van der Waals surface area contributed by atoms with Crippen molar-refractivity contribution in [3.63, 3.8) is 0 Å². The van der Waals surface area contributed by atoms with Crippen molar-refractivity contribution in [2.45, 2.75) is 18.2 Å². The second kappa shape index (κ2) is 5.05. The first-order valence-corrected chi connectivity index (χ1v) is 6.52. The summed E-state index contributed by atoms with van der Waals surface area (Å²) in [7, 11) is 0. The van der Waals surface area contributed by atoms with Gasteiger partial charge in [-0.2, -0.15) is 0 Å². The summed E-state index contributed by atoms with van der Waals surface area (Å²) in [6.07, 6.45) is 0. The molecule has 0 spiro atoms. The molecule has 16 heavy (non-hydrogen) atoms. The fourth-order valence-corrected chi connectivity index (χ4v) is 2.71. The summed E-state index contributed by atoms with van der Waals surface area (Å²) >= 11 is 1.54. The minimum Gasteiger partial charge on any atom is -0.378 e. The number of amides is 2. The number of rotatable bonds is 1. The monoisotopic (exact) mass is 244 g/mol. The molecule has 5 nitrogen and oxygen atoms in total. The molecule has 2 saturated heterocycles. The van der Waals surface area contributed by atoms with Crippen LogP contribution in [0.5, 0.6) is 0 Å². The molecule has 2 unspecified atom stereocenters. The zero-order chi connectivity index (χ0) is 11.5. The molecule has 2 heterocycles. The third-order valence-corrected chi connectivity index (χ3v) is 4.06. The van der Waals surface area contributed by atoms with Gasteiger partial charge in [-0.25, -0.2) is 0 Å². The van der Waals surface area contributed by atoms with E-state index in [0.29, 0.717) is 32.1 Å². The average Bonchev–Trinajstić information content (AvgIpc) is 2.33. The first kappa shape index (κ1) is 11.7. The first-order chi connectivity index (χ1) is 7.68. The second-order valence-corrected chi connectivity index (χ2v) is 5.35. The van der Waals surface area contributed by atoms with Crippen LogP contribution < -0.4 is 5.32 Å². The highest BCUT2D eigenvalue weighted by Gasteiger charge is 2.32. The predicted molar refractivity (Wildman–Crippen MR) is 61.2 cm³/mol. The van der Waals surface area contributed by atoms with Crippen molar-refractivity contribution in [1.82, 2.24) is 10.2 Å². The van der Waals surface area contributed by atoms with Crippen LogP contribution in [-0.2, 0) is 14.3 Å². The van der Waals surface area contributed by atoms with Crippen molar-refractivity contribution in [3.8, 4) is 0 Å². The maximum Gasteiger partial charge on any atom is 0.246 e. The number of carbonyl (C=O) groups excluding carboxylic acids is 2. The molecule has 0 saturated carbocycles. The third-order valence-electron chi connectivity index (χ3n) is 2.82. The van der Waals surface area contributed by atoms with Gasteiger partial charge in [0.15, 0.2) is 0 Å². The largest absolute Gasteiger partial charge is 0.378 e. The van der Waals surface area contributed by atoms with Crippen LogP contribution in [0.15, 0.2) is 0 Å². The molecule has 0 aromatic carbocycles. The Bertz CT molecular complexity index is 292. The van der Waals surface area contributed by atoms with Gasteiger partial charge in [-0.15, -0.1) is 11.8 Å². The number of hydrogen-bond donors (Lipinski definition) is 1. The fourth-order valence-electron chi connectivity index (χ4n) is 1.78. The van der Waals surface area contributed by atoms with Gasteiger partial charge in [0, 0.05) is 18.8 Å². The molecule has 2 rings (SSSR count). The van der Waals surface area contributed by atoms with Crippen molar-refractivity contribution in [1.29, 1.82) is 0 Å². The molecular formula is C10H16N2O3S. The van der Waals surface area contributed by atoms with E-state index in [1.807, 2.05) is 6.92 Å². The second-order valence-electron chi connectivity index (χ2n) is 3.97. The van der Waals surface area contributed by atoms with Crippen LogP contribution in [0.4, 0.5) is 0 Å². The molecule has 90 valence electrons. The Morgan fingerprint density at radius 2 is 2.19 bits per heavy atom. The van der Waals surface area contributed by atoms with Crippen molar-refractivity contribution >= 4 is 23.6 Å². The summed E-state index contributed by atoms with van der Waals surface area (Å²) in [5.74, 6) is 0.655. The maximum absolute atomic E-state index is 12.0. The first-order valence-electron chi connectivity index (χ1n) is 5.47. The van der Waals surface area contributed by atoms with E-state index < -0.39 is 0 Å². The molecule has 0 aromatic rings. The molecule has 2 atom stereocenters. The van der Waals surface area contributed by atoms with Gasteiger partial charge in [-0.3, -0.25) is 9.59 Å². The summed E-state index contributed by atoms with van der Waals surface area (Å²) in [6, 6.07) is -0.355. The molecule has 2 amide bonds. The summed E-state index contributed by atoms with van der Waals surface area (Å²) in [4.78, 5) is 25.3. The molecule has 2 aliphatic rings. The molecule has 0 bridgehead atoms. The number of ether oxygens (including phenoxy) is 1. The van der Waals surface area contributed by atoms with Crippen molar-refractivity contribution in [3.05, 3.63) is 0 Å². The molecule has 1 N–H and O–H groups in total. The fraction of sp³-hybridized carbons (Fsp3) is 0.800. The highest BCUT2D eigenvalue weighted by molar-refractivity contribution is 8.00. The van der Waals surface area contributed by atoms with Gasteiger partial charge in [-0.1, -0.05) is 0 Å². The Hall–Kier alpha value is -0.750. The minimum absolute atomic E-state index is 0.0241. The van der Waals surface area contributed by atoms with Crippen LogP contribution in [0, 0.1) is 0 Å². The van der Waals surface area contributed by atoms with E-state index in [1.165, 1.54) is 11.8 Å². The quantitative estimate of drug-likeness (QED) is 0.673. The lowest BCUT2D eigenvalue weighted by Crippen LogP contribution is -2.56. The van der Waals surface area contributed by atoms with E-state index in [0.717, 1.165) is 0 Å². The number of carbonyl (C=O) groups is 2. The van der Waals surface area contributed by atoms with E-state index in [1.54, 1.807) is 4.90 Å². The predicted octanol–water partition coefficient (Wildman–Crippen LogP) is -0.535. The molecule has 2 fully saturated rings. The Kier molecular flexibility index (Phi) is 3.70. The van der Waals surface area contributed by atoms with E-state index in [-0.39, 0.29) is 23.1 Å². The van der Waals surface area contributed by atoms with Crippen molar-refractivity contribution in [2.24, 2.45) is 0 Å². The molecule has 6 heteroatoms. The lowest BCUT2D eigenvalue weighted by atomic mass is 10.2. The summed E-state index contributed by atoms with van der Waals surface area (Å²) in [5, 5.41) is 2.72. The molecule has 0 radical (unpaired) electrons. The maximum atomic E-state index is 12.0. The van der Waals surface area contributed by atoms with Crippen LogP contribution in [-0.4, -0.2) is 60.1 Å². The van der Waals surface area contributed by atoms with E-state index >= 15 is 0 Å². The Labute approximate surface area is 98.9 Å². The topological polar surface area (TPSA) is 58.6 Å². The normalized spacial score (nSPS) is 31.1. The van der Waals surface area contributed by atoms with Crippen LogP contribution >= 0.6 is 11.8 Å². The minimum atomic E-state index is -0.355. The number of nitrogens with one attached hydrogen (secondary N) is 1. The summed E-state index contributed by atoms with van der Waals surface area (Å²) in [5.41, 5.74) is 0. The van der Waals surface area contributed by atoms with E-state index in [2.05, 4.69) is 5.32 Å². The van der Waals surface area contributed by atoms with Crippen molar-refractivity contribution < 1.29 is 14.3 Å². The SMILES string of the molecule is CC1SCC(C(=O)N2CCOCC2)NC1=O. The van der Waals surface area contributed by atoms with E-state index in [9.17, 15) is 9.59 Å². The lowest BCUT2D eigenvalue weighted by molar-refractivity contribution is -0.139. The summed E-state index contributed by atoms with van der Waals surface area (Å²) in [6.45, 7) is 4.30. The van der Waals surface area contributed by atoms with Gasteiger partial charge in [0.25, 0.3) is 0 Å². The number of nitrogens with zero attached hydrogens (tertiary/aromatic N) is 1. The average molecular weight is 244 g/mol. The van der Waals surface area contributed by atoms with Crippen LogP contribution in [0.3, 0.4) is 0 Å². The van der Waals surface area contributed by atoms with Crippen LogP contribution in [0.25, 0.3) is 0 Å². The molecule has 0 aromatic heterocycles. The molecule has 2 aliphatic heterocycles. The van der Waals surface area contributed by atoms with Crippen LogP contribution in [0.2, 0.25) is 0 Å². The van der Waals surface area contributed by atoms with Gasteiger partial charge in [0.05, 0.1) is 18.5 Å². The highest BCUT2D eigenvalue weighted by atomic mass is 32.2. The van der Waals surface area contributed by atoms with E-state index in [4.69, 9.17) is 4.74 Å². The molecule has 0 aliphatic carbocycles. The zero-order valence-corrected chi connectivity index (χ0v) is 10.1. The Morgan fingerprint density at radius 1 is 1.50 bits per heavy atom. The van der Waals surface area contributed by atoms with Gasteiger partial charge < -0.3 is 15.0 Å². The zero-order valence-electron chi connectivity index (χ0n) is 9.27. The van der Waals surface area contributed by atoms with Gasteiger partial charge in [0.2, 0.25) is 11.8 Å². The van der Waals surface area contributed by atoms with Gasteiger partial charge >= 0.3 is 0 Å². The Morgan fingerprint density at radius 3 is 2.81 bits per heavy atom. The number of morpholine rings is 1. The number of thioether (sulfide) groups is 1. The highest BCUT2D eigenvalue weighted by Crippen LogP contribution is 2.18. The lowest BCUT2D eigenvalue weighted by Gasteiger charge is -2.33. The smallest absolute Gasteiger partial charge is 0.246 e. The third kappa shape index (κ3) is 2.49. The van der Waals surface area contributed by atoms with Gasteiger partial charge in [0.1, 0.15) is 6.04 Å². The standard InChI is InChI=1S/C10H16N2O3S/c1-7-9(13)11-8(6-16-7)10(14)12-2-4-15-5-3-12/h7-8H,2-6H2,1H3,(H,11,13). The van der Waals surface area contributed by atoms with Gasteiger partial charge in [-0.05, 0) is 6.92 Å². The molecular weight excluding hydrogens is 228 g/mol. The van der Waals surface area contributed by atoms with Crippen LogP contribution in [0.1, 0.15) is 6.92 Å². The Balaban J connectivity index is 1.91.